The first-order valence-corrected chi connectivity index (χ1v) is 6.27. The highest BCUT2D eigenvalue weighted by molar-refractivity contribution is 7.80. The molecule has 0 bridgehead atoms. The van der Waals surface area contributed by atoms with Crippen molar-refractivity contribution in [3.05, 3.63) is 0 Å². The van der Waals surface area contributed by atoms with Crippen LogP contribution in [0, 0.1) is 11.3 Å². The van der Waals surface area contributed by atoms with Crippen molar-refractivity contribution in [2.45, 2.75) is 39.2 Å². The fraction of sp³-hybridized carbons (Fsp3) is 0.833. The first-order chi connectivity index (χ1) is 7.67. The minimum atomic E-state index is -0.685. The van der Waals surface area contributed by atoms with Crippen LogP contribution in [-0.2, 0) is 4.79 Å². The highest BCUT2D eigenvalue weighted by atomic mass is 32.1. The molecule has 0 aliphatic heterocycles. The van der Waals surface area contributed by atoms with Gasteiger partial charge in [-0.1, -0.05) is 19.1 Å². The number of rotatable bonds is 4. The summed E-state index contributed by atoms with van der Waals surface area (Å²) in [5.41, 5.74) is 4.47. The zero-order valence-electron chi connectivity index (χ0n) is 11.0. The molecule has 0 aromatic carbocycles. The van der Waals surface area contributed by atoms with Gasteiger partial charge in [-0.25, -0.2) is 0 Å². The molecule has 1 saturated carbocycles. The van der Waals surface area contributed by atoms with Crippen molar-refractivity contribution in [3.63, 3.8) is 0 Å². The van der Waals surface area contributed by atoms with Gasteiger partial charge in [0.1, 0.15) is 0 Å². The van der Waals surface area contributed by atoms with Crippen molar-refractivity contribution >= 4 is 23.1 Å². The monoisotopic (exact) mass is 258 g/mol. The third kappa shape index (κ3) is 2.31. The van der Waals surface area contributed by atoms with Gasteiger partial charge in [-0.2, -0.15) is 0 Å². The van der Waals surface area contributed by atoms with Crippen molar-refractivity contribution in [1.29, 1.82) is 0 Å². The van der Waals surface area contributed by atoms with Crippen molar-refractivity contribution in [2.24, 2.45) is 17.1 Å². The van der Waals surface area contributed by atoms with Crippen LogP contribution in [0.5, 0.6) is 0 Å². The molecule has 0 saturated heterocycles. The Bertz CT molecular complexity index is 335. The Morgan fingerprint density at radius 3 is 2.35 bits per heavy atom. The van der Waals surface area contributed by atoms with Crippen LogP contribution in [0.1, 0.15) is 33.6 Å². The first-order valence-electron chi connectivity index (χ1n) is 5.86. The van der Waals surface area contributed by atoms with Gasteiger partial charge < -0.3 is 15.7 Å². The number of carbonyl (C=O) groups is 1. The molecule has 5 heteroatoms. The van der Waals surface area contributed by atoms with Crippen LogP contribution in [0.2, 0.25) is 0 Å². The van der Waals surface area contributed by atoms with Crippen LogP contribution >= 0.6 is 12.2 Å². The molecule has 0 aromatic rings. The van der Waals surface area contributed by atoms with Crippen LogP contribution in [0.25, 0.3) is 0 Å². The number of nitrogens with zero attached hydrogens (tertiary/aromatic N) is 1. The molecule has 3 N–H and O–H groups in total. The zero-order chi connectivity index (χ0) is 13.4. The van der Waals surface area contributed by atoms with Gasteiger partial charge in [0.05, 0.1) is 22.5 Å². The van der Waals surface area contributed by atoms with E-state index in [9.17, 15) is 9.90 Å². The lowest BCUT2D eigenvalue weighted by Gasteiger charge is -2.48. The van der Waals surface area contributed by atoms with Crippen molar-refractivity contribution in [1.82, 2.24) is 4.90 Å². The summed E-state index contributed by atoms with van der Waals surface area (Å²) >= 11 is 5.06. The van der Waals surface area contributed by atoms with Crippen molar-refractivity contribution in [3.8, 4) is 0 Å². The quantitative estimate of drug-likeness (QED) is 0.736. The lowest BCUT2D eigenvalue weighted by atomic mass is 9.61. The summed E-state index contributed by atoms with van der Waals surface area (Å²) in [7, 11) is 1.70. The van der Waals surface area contributed by atoms with Gasteiger partial charge >= 0.3 is 0 Å². The molecule has 1 amide bonds. The number of thiocarbonyl (C=S) groups is 1. The molecule has 1 rings (SSSR count). The van der Waals surface area contributed by atoms with Gasteiger partial charge in [-0.3, -0.25) is 4.79 Å². The predicted octanol–water partition coefficient (Wildman–Crippen LogP) is 0.918. The Balaban J connectivity index is 2.92. The summed E-state index contributed by atoms with van der Waals surface area (Å²) in [5.74, 6) is 0.410. The molecule has 0 atom stereocenters. The van der Waals surface area contributed by atoms with E-state index in [2.05, 4.69) is 6.92 Å². The molecule has 1 aliphatic rings. The van der Waals surface area contributed by atoms with Crippen molar-refractivity contribution < 1.29 is 9.90 Å². The van der Waals surface area contributed by atoms with Crippen LogP contribution < -0.4 is 5.73 Å². The Kier molecular flexibility index (Phi) is 3.84. The summed E-state index contributed by atoms with van der Waals surface area (Å²) in [6.45, 7) is 5.64. The second kappa shape index (κ2) is 4.53. The van der Waals surface area contributed by atoms with E-state index >= 15 is 0 Å². The molecule has 98 valence electrons. The number of amides is 1. The summed E-state index contributed by atoms with van der Waals surface area (Å²) in [6.07, 6.45) is 1.43. The smallest absolute Gasteiger partial charge is 0.235 e. The summed E-state index contributed by atoms with van der Waals surface area (Å²) in [4.78, 5) is 14.3. The third-order valence-corrected chi connectivity index (χ3v) is 4.27. The Hall–Kier alpha value is -0.680. The van der Waals surface area contributed by atoms with Crippen LogP contribution in [0.3, 0.4) is 0 Å². The third-order valence-electron chi connectivity index (χ3n) is 3.87. The van der Waals surface area contributed by atoms with Gasteiger partial charge in [0.15, 0.2) is 0 Å². The van der Waals surface area contributed by atoms with Crippen molar-refractivity contribution in [2.75, 3.05) is 13.7 Å². The van der Waals surface area contributed by atoms with Gasteiger partial charge in [0.2, 0.25) is 5.91 Å². The molecular formula is C12H22N2O2S. The van der Waals surface area contributed by atoms with Gasteiger partial charge in [0, 0.05) is 7.05 Å². The fourth-order valence-electron chi connectivity index (χ4n) is 2.31. The average Bonchev–Trinajstić information content (AvgIpc) is 2.21. The number of aliphatic hydroxyl groups is 1. The Morgan fingerprint density at radius 2 is 2.06 bits per heavy atom. The summed E-state index contributed by atoms with van der Waals surface area (Å²) < 4.78 is 0. The minimum Gasteiger partial charge on any atom is -0.394 e. The number of likely N-dealkylation sites (N-methyl/N-ethyl adjacent to an activating group) is 1. The van der Waals surface area contributed by atoms with E-state index in [4.69, 9.17) is 18.0 Å². The highest BCUT2D eigenvalue weighted by Crippen LogP contribution is 2.47. The molecule has 17 heavy (non-hydrogen) atoms. The summed E-state index contributed by atoms with van der Waals surface area (Å²) in [6, 6.07) is 0. The summed E-state index contributed by atoms with van der Waals surface area (Å²) in [5, 5.41) is 9.30. The topological polar surface area (TPSA) is 66.6 Å². The Labute approximate surface area is 108 Å². The first kappa shape index (κ1) is 14.4. The number of hydrogen-bond donors (Lipinski definition) is 2. The van der Waals surface area contributed by atoms with Crippen LogP contribution in [-0.4, -0.2) is 40.1 Å². The van der Waals surface area contributed by atoms with E-state index in [1.54, 1.807) is 11.9 Å². The van der Waals surface area contributed by atoms with Gasteiger partial charge in [-0.15, -0.1) is 0 Å². The highest BCUT2D eigenvalue weighted by Gasteiger charge is 2.53. The standard InChI is InChI=1S/C12H22N2O2S/c1-8-5-12(6-8,9(13)17)10(16)14(4)11(2,3)7-15/h8,15H,5-7H2,1-4H3,(H2,13,17). The number of aliphatic hydroxyl groups excluding tert-OH is 1. The minimum absolute atomic E-state index is 0.0675. The van der Waals surface area contributed by atoms with Gasteiger partial charge in [-0.05, 0) is 32.6 Å². The predicted molar refractivity (Wildman–Crippen MR) is 71.6 cm³/mol. The fourth-order valence-corrected chi connectivity index (χ4v) is 2.57. The van der Waals surface area contributed by atoms with E-state index in [0.29, 0.717) is 18.8 Å². The second-order valence-electron chi connectivity index (χ2n) is 5.79. The SMILES string of the molecule is CC1CC(C(=O)N(C)C(C)(C)CO)(C(N)=S)C1. The molecule has 0 heterocycles. The van der Waals surface area contributed by atoms with E-state index in [1.165, 1.54) is 0 Å². The molecule has 0 unspecified atom stereocenters. The molecule has 0 spiro atoms. The molecule has 1 aliphatic carbocycles. The molecule has 0 aromatic heterocycles. The maximum Gasteiger partial charge on any atom is 0.235 e. The molecule has 0 radical (unpaired) electrons. The van der Waals surface area contributed by atoms with E-state index < -0.39 is 11.0 Å². The number of hydrogen-bond acceptors (Lipinski definition) is 3. The number of carbonyl (C=O) groups excluding carboxylic acids is 1. The van der Waals surface area contributed by atoms with E-state index in [0.717, 1.165) is 0 Å². The molecule has 1 fully saturated rings. The maximum absolute atomic E-state index is 12.5. The number of nitrogens with two attached hydrogens (primary N) is 1. The second-order valence-corrected chi connectivity index (χ2v) is 6.23. The van der Waals surface area contributed by atoms with Crippen LogP contribution in [0.4, 0.5) is 0 Å². The van der Waals surface area contributed by atoms with E-state index in [1.807, 2.05) is 13.8 Å². The lowest BCUT2D eigenvalue weighted by Crippen LogP contribution is -2.60. The Morgan fingerprint density at radius 1 is 1.59 bits per heavy atom. The maximum atomic E-state index is 12.5. The normalized spacial score (nSPS) is 28.4. The lowest BCUT2D eigenvalue weighted by molar-refractivity contribution is -0.149. The average molecular weight is 258 g/mol. The zero-order valence-corrected chi connectivity index (χ0v) is 11.8. The van der Waals surface area contributed by atoms with Crippen LogP contribution in [0.15, 0.2) is 0 Å². The van der Waals surface area contributed by atoms with Gasteiger partial charge in [0.25, 0.3) is 0 Å². The van der Waals surface area contributed by atoms with E-state index in [-0.39, 0.29) is 17.5 Å². The molecule has 4 nitrogen and oxygen atoms in total. The molecular weight excluding hydrogens is 236 g/mol. The largest absolute Gasteiger partial charge is 0.394 e.